The molecule has 0 unspecified atom stereocenters. The normalized spacial score (nSPS) is 15.6. The molecule has 3 aromatic rings. The summed E-state index contributed by atoms with van der Waals surface area (Å²) in [5.41, 5.74) is 1.65. The second kappa shape index (κ2) is 8.35. The molecule has 0 aliphatic carbocycles. The van der Waals surface area contributed by atoms with Gasteiger partial charge in [0.1, 0.15) is 15.7 Å². The molecule has 0 N–H and O–H groups in total. The van der Waals surface area contributed by atoms with Crippen LogP contribution in [0.15, 0.2) is 46.8 Å². The zero-order valence-corrected chi connectivity index (χ0v) is 18.2. The number of hydrogen-bond donors (Lipinski definition) is 0. The van der Waals surface area contributed by atoms with Crippen LogP contribution in [0.25, 0.3) is 11.5 Å². The molecule has 29 heavy (non-hydrogen) atoms. The largest absolute Gasteiger partial charge is 0.354 e. The summed E-state index contributed by atoms with van der Waals surface area (Å²) in [7, 11) is -3.51. The number of nitrogens with zero attached hydrogens (tertiary/aromatic N) is 5. The van der Waals surface area contributed by atoms with Gasteiger partial charge in [-0.1, -0.05) is 24.6 Å². The van der Waals surface area contributed by atoms with Gasteiger partial charge in [0.05, 0.1) is 4.34 Å². The SMILES string of the molecule is CCc1cc(N2CCN(S(=O)(=O)c3ccc(Cl)s3)CC2)nc(-c2ccccn2)n1. The number of thiophene rings is 1. The van der Waals surface area contributed by atoms with Gasteiger partial charge in [0.25, 0.3) is 10.0 Å². The molecule has 0 spiro atoms. The Labute approximate surface area is 179 Å². The maximum atomic E-state index is 12.8. The van der Waals surface area contributed by atoms with Gasteiger partial charge >= 0.3 is 0 Å². The number of piperazine rings is 1. The fourth-order valence-electron chi connectivity index (χ4n) is 3.16. The van der Waals surface area contributed by atoms with Crippen LogP contribution >= 0.6 is 22.9 Å². The van der Waals surface area contributed by atoms with Gasteiger partial charge in [-0.25, -0.2) is 18.4 Å². The van der Waals surface area contributed by atoms with Crippen LogP contribution in [0.5, 0.6) is 0 Å². The molecule has 0 amide bonds. The summed E-state index contributed by atoms with van der Waals surface area (Å²) in [5.74, 6) is 1.39. The highest BCUT2D eigenvalue weighted by Gasteiger charge is 2.30. The van der Waals surface area contributed by atoms with E-state index >= 15 is 0 Å². The first-order chi connectivity index (χ1) is 14.0. The van der Waals surface area contributed by atoms with Crippen molar-refractivity contribution in [2.45, 2.75) is 17.6 Å². The van der Waals surface area contributed by atoms with E-state index in [4.69, 9.17) is 16.6 Å². The highest BCUT2D eigenvalue weighted by Crippen LogP contribution is 2.29. The first-order valence-corrected chi connectivity index (χ1v) is 11.9. The zero-order valence-electron chi connectivity index (χ0n) is 15.8. The van der Waals surface area contributed by atoms with Gasteiger partial charge in [0.15, 0.2) is 5.82 Å². The molecule has 7 nitrogen and oxygen atoms in total. The summed E-state index contributed by atoms with van der Waals surface area (Å²) < 4.78 is 27.9. The van der Waals surface area contributed by atoms with Crippen molar-refractivity contribution in [3.05, 3.63) is 52.6 Å². The molecule has 0 radical (unpaired) electrons. The Morgan fingerprint density at radius 3 is 2.52 bits per heavy atom. The molecule has 0 bridgehead atoms. The maximum absolute atomic E-state index is 12.8. The lowest BCUT2D eigenvalue weighted by Crippen LogP contribution is -2.48. The van der Waals surface area contributed by atoms with Crippen molar-refractivity contribution in [2.75, 3.05) is 31.1 Å². The molecule has 1 fully saturated rings. The molecule has 1 aliphatic rings. The number of rotatable bonds is 5. The average molecular weight is 450 g/mol. The quantitative estimate of drug-likeness (QED) is 0.594. The maximum Gasteiger partial charge on any atom is 0.252 e. The number of aromatic nitrogens is 3. The van der Waals surface area contributed by atoms with Crippen LogP contribution in [0.2, 0.25) is 4.34 Å². The van der Waals surface area contributed by atoms with Crippen LogP contribution in [-0.4, -0.2) is 53.9 Å². The van der Waals surface area contributed by atoms with Crippen molar-refractivity contribution in [1.82, 2.24) is 19.3 Å². The topological polar surface area (TPSA) is 79.3 Å². The molecule has 4 heterocycles. The Bertz CT molecular complexity index is 1100. The van der Waals surface area contributed by atoms with Crippen LogP contribution in [0.3, 0.4) is 0 Å². The highest BCUT2D eigenvalue weighted by molar-refractivity contribution is 7.91. The summed E-state index contributed by atoms with van der Waals surface area (Å²) in [6.45, 7) is 3.94. The summed E-state index contributed by atoms with van der Waals surface area (Å²) >= 11 is 7.00. The molecule has 10 heteroatoms. The number of hydrogen-bond acceptors (Lipinski definition) is 7. The minimum Gasteiger partial charge on any atom is -0.354 e. The van der Waals surface area contributed by atoms with E-state index in [1.165, 1.54) is 4.31 Å². The number of pyridine rings is 1. The van der Waals surface area contributed by atoms with Gasteiger partial charge in [-0.15, -0.1) is 11.3 Å². The van der Waals surface area contributed by atoms with Crippen molar-refractivity contribution in [3.63, 3.8) is 0 Å². The number of anilines is 1. The predicted molar refractivity (Wildman–Crippen MR) is 115 cm³/mol. The van der Waals surface area contributed by atoms with Gasteiger partial charge in [0, 0.05) is 44.1 Å². The minimum atomic E-state index is -3.51. The fourth-order valence-corrected chi connectivity index (χ4v) is 6.22. The average Bonchev–Trinajstić information content (AvgIpc) is 3.21. The van der Waals surface area contributed by atoms with E-state index in [9.17, 15) is 8.42 Å². The number of aryl methyl sites for hydroxylation is 1. The molecule has 4 rings (SSSR count). The van der Waals surface area contributed by atoms with Crippen molar-refractivity contribution < 1.29 is 8.42 Å². The van der Waals surface area contributed by atoms with Crippen LogP contribution < -0.4 is 4.90 Å². The molecule has 0 aromatic carbocycles. The highest BCUT2D eigenvalue weighted by atomic mass is 35.5. The molecule has 0 atom stereocenters. The lowest BCUT2D eigenvalue weighted by atomic mass is 10.2. The second-order valence-electron chi connectivity index (χ2n) is 6.56. The molecule has 3 aromatic heterocycles. The third-order valence-corrected chi connectivity index (χ3v) is 8.32. The molecular weight excluding hydrogens is 430 g/mol. The zero-order chi connectivity index (χ0) is 20.4. The predicted octanol–water partition coefficient (Wildman–Crippen LogP) is 3.33. The third-order valence-electron chi connectivity index (χ3n) is 4.73. The van der Waals surface area contributed by atoms with E-state index < -0.39 is 10.0 Å². The Balaban J connectivity index is 1.54. The molecular formula is C19H20ClN5O2S2. The summed E-state index contributed by atoms with van der Waals surface area (Å²) in [6, 6.07) is 10.8. The summed E-state index contributed by atoms with van der Waals surface area (Å²) in [6.07, 6.45) is 2.50. The van der Waals surface area contributed by atoms with Crippen molar-refractivity contribution in [2.24, 2.45) is 0 Å². The first-order valence-electron chi connectivity index (χ1n) is 9.27. The smallest absolute Gasteiger partial charge is 0.252 e. The molecule has 0 saturated carbocycles. The van der Waals surface area contributed by atoms with E-state index in [0.717, 1.165) is 35.0 Å². The van der Waals surface area contributed by atoms with E-state index in [-0.39, 0.29) is 4.21 Å². The van der Waals surface area contributed by atoms with Gasteiger partial charge in [-0.05, 0) is 30.7 Å². The van der Waals surface area contributed by atoms with E-state index in [1.807, 2.05) is 31.2 Å². The Hall–Kier alpha value is -2.07. The summed E-state index contributed by atoms with van der Waals surface area (Å²) in [4.78, 5) is 15.7. The van der Waals surface area contributed by atoms with Gasteiger partial charge in [-0.2, -0.15) is 4.31 Å². The summed E-state index contributed by atoms with van der Waals surface area (Å²) in [5, 5.41) is 0. The van der Waals surface area contributed by atoms with Crippen molar-refractivity contribution in [1.29, 1.82) is 0 Å². The lowest BCUT2D eigenvalue weighted by Gasteiger charge is -2.34. The minimum absolute atomic E-state index is 0.281. The fraction of sp³-hybridized carbons (Fsp3) is 0.316. The number of sulfonamides is 1. The van der Waals surface area contributed by atoms with Crippen LogP contribution in [-0.2, 0) is 16.4 Å². The first kappa shape index (κ1) is 20.2. The van der Waals surface area contributed by atoms with Gasteiger partial charge in [0.2, 0.25) is 0 Å². The standard InChI is InChI=1S/C19H20ClN5O2S2/c1-2-14-13-17(23-19(22-14)15-5-3-4-8-21-15)24-9-11-25(12-10-24)29(26,27)18-7-6-16(20)28-18/h3-8,13H,2,9-12H2,1H3. The second-order valence-corrected chi connectivity index (χ2v) is 10.4. The molecule has 1 aliphatic heterocycles. The number of halogens is 1. The monoisotopic (exact) mass is 449 g/mol. The van der Waals surface area contributed by atoms with E-state index in [2.05, 4.69) is 14.9 Å². The van der Waals surface area contributed by atoms with Crippen LogP contribution in [0.1, 0.15) is 12.6 Å². The van der Waals surface area contributed by atoms with E-state index in [0.29, 0.717) is 36.3 Å². The van der Waals surface area contributed by atoms with Gasteiger partial charge < -0.3 is 4.90 Å². The molecule has 1 saturated heterocycles. The Morgan fingerprint density at radius 2 is 1.90 bits per heavy atom. The Kier molecular flexibility index (Phi) is 5.82. The van der Waals surface area contributed by atoms with Crippen LogP contribution in [0, 0.1) is 0 Å². The van der Waals surface area contributed by atoms with E-state index in [1.54, 1.807) is 18.3 Å². The van der Waals surface area contributed by atoms with Crippen LogP contribution in [0.4, 0.5) is 5.82 Å². The van der Waals surface area contributed by atoms with Crippen molar-refractivity contribution in [3.8, 4) is 11.5 Å². The molecule has 152 valence electrons. The van der Waals surface area contributed by atoms with Crippen molar-refractivity contribution >= 4 is 38.8 Å². The van der Waals surface area contributed by atoms with Gasteiger partial charge in [-0.3, -0.25) is 4.98 Å². The lowest BCUT2D eigenvalue weighted by molar-refractivity contribution is 0.384. The Morgan fingerprint density at radius 1 is 1.10 bits per heavy atom. The third kappa shape index (κ3) is 4.28.